The number of benzene rings is 2. The molecular formula is C21H22ClFN6O. The Morgan fingerprint density at radius 3 is 2.80 bits per heavy atom. The molecule has 2 aromatic carbocycles. The number of likely N-dealkylation sites (tertiary alicyclic amines) is 1. The van der Waals surface area contributed by atoms with Crippen molar-refractivity contribution in [1.29, 1.82) is 5.26 Å². The first kappa shape index (κ1) is 21.6. The quantitative estimate of drug-likeness (QED) is 0.588. The molecule has 0 aliphatic carbocycles. The molecule has 156 valence electrons. The summed E-state index contributed by atoms with van der Waals surface area (Å²) in [5.74, 6) is 0.468. The van der Waals surface area contributed by atoms with Gasteiger partial charge in [-0.05, 0) is 62.4 Å². The topological polar surface area (TPSA) is 96.8 Å². The number of nitrogens with zero attached hydrogens (tertiary/aromatic N) is 3. The van der Waals surface area contributed by atoms with E-state index in [4.69, 9.17) is 5.26 Å². The number of anilines is 1. The molecule has 1 fully saturated rings. The number of hydrogen-bond donors (Lipinski definition) is 3. The maximum absolute atomic E-state index is 13.5. The van der Waals surface area contributed by atoms with Gasteiger partial charge in [-0.1, -0.05) is 0 Å². The maximum Gasteiger partial charge on any atom is 0.319 e. The van der Waals surface area contributed by atoms with Crippen molar-refractivity contribution in [3.05, 3.63) is 59.7 Å². The molecule has 1 aromatic heterocycles. The number of hydrogen-bond acceptors (Lipinski definition) is 4. The fourth-order valence-electron chi connectivity index (χ4n) is 3.67. The SMILES string of the molecule is CN1CC[C@@H](NC(=O)Nc2ccc(C#N)cc2)C[C@@H]1c1nc2ccc(F)cc2[nH]1.Cl. The molecule has 1 aliphatic heterocycles. The Morgan fingerprint density at radius 1 is 1.30 bits per heavy atom. The minimum Gasteiger partial charge on any atom is -0.341 e. The fourth-order valence-corrected chi connectivity index (χ4v) is 3.67. The monoisotopic (exact) mass is 428 g/mol. The molecule has 0 saturated carbocycles. The third-order valence-electron chi connectivity index (χ3n) is 5.26. The Kier molecular flexibility index (Phi) is 6.55. The van der Waals surface area contributed by atoms with E-state index in [1.807, 2.05) is 13.1 Å². The van der Waals surface area contributed by atoms with Crippen LogP contribution in [0.5, 0.6) is 0 Å². The number of amides is 2. The summed E-state index contributed by atoms with van der Waals surface area (Å²) in [5.41, 5.74) is 2.57. The van der Waals surface area contributed by atoms with E-state index in [2.05, 4.69) is 25.5 Å². The van der Waals surface area contributed by atoms with Gasteiger partial charge < -0.3 is 15.6 Å². The van der Waals surface area contributed by atoms with Crippen molar-refractivity contribution in [2.45, 2.75) is 24.9 Å². The summed E-state index contributed by atoms with van der Waals surface area (Å²) in [4.78, 5) is 22.4. The van der Waals surface area contributed by atoms with Crippen molar-refractivity contribution in [2.24, 2.45) is 0 Å². The summed E-state index contributed by atoms with van der Waals surface area (Å²) < 4.78 is 13.5. The number of carbonyl (C=O) groups excluding carboxylic acids is 1. The molecule has 9 heteroatoms. The standard InChI is InChI=1S/C21H21FN6O.ClH/c1-28-9-8-16(25-21(29)24-15-5-2-13(12-23)3-6-15)11-19(28)20-26-17-7-4-14(22)10-18(17)27-20;/h2-7,10,16,19H,8-9,11H2,1H3,(H,26,27)(H2,24,25,29);1H/t16-,19-;/m1./s1. The van der Waals surface area contributed by atoms with Gasteiger partial charge in [-0.15, -0.1) is 12.4 Å². The molecule has 0 radical (unpaired) electrons. The number of nitrogens with one attached hydrogen (secondary N) is 3. The zero-order valence-electron chi connectivity index (χ0n) is 16.4. The van der Waals surface area contributed by atoms with Crippen LogP contribution in [0.4, 0.5) is 14.9 Å². The Hall–Kier alpha value is -3.15. The minimum atomic E-state index is -0.302. The second-order valence-electron chi connectivity index (χ2n) is 7.29. The average molecular weight is 429 g/mol. The van der Waals surface area contributed by atoms with E-state index in [0.29, 0.717) is 23.2 Å². The lowest BCUT2D eigenvalue weighted by Crippen LogP contribution is -2.46. The molecule has 3 N–H and O–H groups in total. The molecule has 4 rings (SSSR count). The lowest BCUT2D eigenvalue weighted by molar-refractivity contribution is 0.153. The van der Waals surface area contributed by atoms with Gasteiger partial charge in [-0.25, -0.2) is 14.2 Å². The van der Waals surface area contributed by atoms with Gasteiger partial charge in [0.1, 0.15) is 11.6 Å². The van der Waals surface area contributed by atoms with Gasteiger partial charge >= 0.3 is 6.03 Å². The summed E-state index contributed by atoms with van der Waals surface area (Å²) in [6.07, 6.45) is 1.52. The highest BCUT2D eigenvalue weighted by molar-refractivity contribution is 5.89. The van der Waals surface area contributed by atoms with E-state index in [1.54, 1.807) is 30.3 Å². The van der Waals surface area contributed by atoms with Gasteiger partial charge in [0, 0.05) is 18.3 Å². The number of aromatic nitrogens is 2. The van der Waals surface area contributed by atoms with Gasteiger partial charge in [0.05, 0.1) is 28.7 Å². The third-order valence-corrected chi connectivity index (χ3v) is 5.26. The molecule has 3 aromatic rings. The summed E-state index contributed by atoms with van der Waals surface area (Å²) in [6.45, 7) is 0.803. The lowest BCUT2D eigenvalue weighted by atomic mass is 9.97. The second kappa shape index (κ2) is 9.11. The van der Waals surface area contributed by atoms with Crippen LogP contribution in [0.2, 0.25) is 0 Å². The zero-order chi connectivity index (χ0) is 20.4. The molecule has 0 bridgehead atoms. The summed E-state index contributed by atoms with van der Waals surface area (Å²) in [7, 11) is 2.02. The highest BCUT2D eigenvalue weighted by Crippen LogP contribution is 2.29. The van der Waals surface area contributed by atoms with Crippen LogP contribution in [0.1, 0.15) is 30.3 Å². The smallest absolute Gasteiger partial charge is 0.319 e. The van der Waals surface area contributed by atoms with Gasteiger partial charge in [0.25, 0.3) is 0 Å². The molecule has 2 heterocycles. The van der Waals surface area contributed by atoms with Crippen LogP contribution in [-0.4, -0.2) is 40.5 Å². The lowest BCUT2D eigenvalue weighted by Gasteiger charge is -2.36. The van der Waals surface area contributed by atoms with E-state index >= 15 is 0 Å². The highest BCUT2D eigenvalue weighted by atomic mass is 35.5. The largest absolute Gasteiger partial charge is 0.341 e. The van der Waals surface area contributed by atoms with E-state index in [0.717, 1.165) is 24.3 Å². The summed E-state index contributed by atoms with van der Waals surface area (Å²) >= 11 is 0. The number of rotatable bonds is 3. The second-order valence-corrected chi connectivity index (χ2v) is 7.29. The average Bonchev–Trinajstić information content (AvgIpc) is 3.13. The predicted octanol–water partition coefficient (Wildman–Crippen LogP) is 3.95. The van der Waals surface area contributed by atoms with Crippen LogP contribution in [-0.2, 0) is 0 Å². The van der Waals surface area contributed by atoms with Crippen molar-refractivity contribution in [3.63, 3.8) is 0 Å². The number of aromatic amines is 1. The number of nitriles is 1. The number of H-pyrrole nitrogens is 1. The van der Waals surface area contributed by atoms with Crippen LogP contribution in [0.3, 0.4) is 0 Å². The van der Waals surface area contributed by atoms with Crippen molar-refractivity contribution in [1.82, 2.24) is 20.2 Å². The van der Waals surface area contributed by atoms with Crippen molar-refractivity contribution in [2.75, 3.05) is 18.9 Å². The van der Waals surface area contributed by atoms with E-state index in [1.165, 1.54) is 12.1 Å². The van der Waals surface area contributed by atoms with Gasteiger partial charge in [-0.2, -0.15) is 5.26 Å². The van der Waals surface area contributed by atoms with Crippen LogP contribution < -0.4 is 10.6 Å². The normalized spacial score (nSPS) is 19.0. The molecular weight excluding hydrogens is 407 g/mol. The molecule has 0 spiro atoms. The first-order valence-electron chi connectivity index (χ1n) is 9.45. The van der Waals surface area contributed by atoms with Crippen LogP contribution in [0.15, 0.2) is 42.5 Å². The Balaban J connectivity index is 0.00000256. The zero-order valence-corrected chi connectivity index (χ0v) is 17.2. The van der Waals surface area contributed by atoms with Gasteiger partial charge in [0.2, 0.25) is 0 Å². The Bertz CT molecular complexity index is 1080. The summed E-state index contributed by atoms with van der Waals surface area (Å²) in [5, 5.41) is 14.7. The van der Waals surface area contributed by atoms with E-state index in [9.17, 15) is 9.18 Å². The van der Waals surface area contributed by atoms with Crippen molar-refractivity contribution >= 4 is 35.2 Å². The maximum atomic E-state index is 13.5. The molecule has 0 unspecified atom stereocenters. The summed E-state index contributed by atoms with van der Waals surface area (Å²) in [6, 6.07) is 13.0. The molecule has 30 heavy (non-hydrogen) atoms. The van der Waals surface area contributed by atoms with Crippen LogP contribution in [0.25, 0.3) is 11.0 Å². The van der Waals surface area contributed by atoms with Crippen LogP contribution >= 0.6 is 12.4 Å². The molecule has 2 atom stereocenters. The fraction of sp³-hybridized carbons (Fsp3) is 0.286. The number of imidazole rings is 1. The Morgan fingerprint density at radius 2 is 2.07 bits per heavy atom. The van der Waals surface area contributed by atoms with Crippen molar-refractivity contribution in [3.8, 4) is 6.07 Å². The van der Waals surface area contributed by atoms with E-state index in [-0.39, 0.29) is 36.3 Å². The molecule has 1 aliphatic rings. The van der Waals surface area contributed by atoms with Crippen molar-refractivity contribution < 1.29 is 9.18 Å². The minimum absolute atomic E-state index is 0. The highest BCUT2D eigenvalue weighted by Gasteiger charge is 2.30. The molecule has 1 saturated heterocycles. The number of piperidine rings is 1. The number of carbonyl (C=O) groups is 1. The van der Waals surface area contributed by atoms with Crippen LogP contribution in [0, 0.1) is 17.1 Å². The van der Waals surface area contributed by atoms with Gasteiger partial charge in [-0.3, -0.25) is 4.90 Å². The Labute approximate surface area is 179 Å². The predicted molar refractivity (Wildman–Crippen MR) is 115 cm³/mol. The van der Waals surface area contributed by atoms with Gasteiger partial charge in [0.15, 0.2) is 0 Å². The first-order valence-corrected chi connectivity index (χ1v) is 9.45. The van der Waals surface area contributed by atoms with E-state index < -0.39 is 0 Å². The molecule has 7 nitrogen and oxygen atoms in total. The third kappa shape index (κ3) is 4.70. The number of urea groups is 1. The number of fused-ring (bicyclic) bond motifs is 1. The number of halogens is 2. The first-order chi connectivity index (χ1) is 14.0. The molecule has 2 amide bonds.